The minimum Gasteiger partial charge on any atom is -0.495 e. The van der Waals surface area contributed by atoms with Crippen LogP contribution >= 0.6 is 11.8 Å². The highest BCUT2D eigenvalue weighted by atomic mass is 32.2. The molecule has 2 rings (SSSR count). The molecule has 0 saturated heterocycles. The largest absolute Gasteiger partial charge is 0.495 e. The summed E-state index contributed by atoms with van der Waals surface area (Å²) in [6.45, 7) is 0.884. The van der Waals surface area contributed by atoms with Crippen LogP contribution in [0.25, 0.3) is 0 Å². The number of hydrogen-bond acceptors (Lipinski definition) is 4. The van der Waals surface area contributed by atoms with Crippen LogP contribution in [0, 0.1) is 11.3 Å². The molecule has 0 spiro atoms. The molecule has 0 aliphatic rings. The Bertz CT molecular complexity index is 632. The van der Waals surface area contributed by atoms with E-state index in [2.05, 4.69) is 35.7 Å². The Morgan fingerprint density at radius 3 is 2.48 bits per heavy atom. The standard InChI is InChI=1S/C17H18N2OS/c1-19-11-13-3-6-16(7-4-13)21-12-14-5-8-17(20-2)15(9-14)10-18/h3-9,19H,11-12H2,1-2H3. The summed E-state index contributed by atoms with van der Waals surface area (Å²) in [7, 11) is 3.52. The molecule has 21 heavy (non-hydrogen) atoms. The van der Waals surface area contributed by atoms with E-state index in [9.17, 15) is 0 Å². The highest BCUT2D eigenvalue weighted by Gasteiger charge is 2.04. The Morgan fingerprint density at radius 2 is 1.86 bits per heavy atom. The van der Waals surface area contributed by atoms with Crippen molar-refractivity contribution in [1.29, 1.82) is 5.26 Å². The summed E-state index contributed by atoms with van der Waals surface area (Å²) in [4.78, 5) is 1.23. The predicted molar refractivity (Wildman–Crippen MR) is 86.5 cm³/mol. The molecule has 108 valence electrons. The maximum absolute atomic E-state index is 9.10. The lowest BCUT2D eigenvalue weighted by molar-refractivity contribution is 0.413. The van der Waals surface area contributed by atoms with Crippen molar-refractivity contribution in [2.75, 3.05) is 14.2 Å². The number of thioether (sulfide) groups is 1. The van der Waals surface area contributed by atoms with Crippen LogP contribution in [-0.2, 0) is 12.3 Å². The zero-order valence-corrected chi connectivity index (χ0v) is 13.0. The number of methoxy groups -OCH3 is 1. The van der Waals surface area contributed by atoms with Gasteiger partial charge in [0.2, 0.25) is 0 Å². The first-order valence-corrected chi connectivity index (χ1v) is 7.68. The second-order valence-electron chi connectivity index (χ2n) is 4.61. The van der Waals surface area contributed by atoms with Crippen molar-refractivity contribution in [2.24, 2.45) is 0 Å². The van der Waals surface area contributed by atoms with E-state index in [4.69, 9.17) is 10.00 Å². The summed E-state index contributed by atoms with van der Waals surface area (Å²) in [6, 6.07) is 16.4. The summed E-state index contributed by atoms with van der Waals surface area (Å²) in [6.07, 6.45) is 0. The van der Waals surface area contributed by atoms with E-state index in [0.717, 1.165) is 17.9 Å². The molecular formula is C17H18N2OS. The van der Waals surface area contributed by atoms with E-state index < -0.39 is 0 Å². The lowest BCUT2D eigenvalue weighted by atomic mass is 10.1. The monoisotopic (exact) mass is 298 g/mol. The molecule has 0 heterocycles. The van der Waals surface area contributed by atoms with Crippen molar-refractivity contribution in [2.45, 2.75) is 17.2 Å². The summed E-state index contributed by atoms with van der Waals surface area (Å²) in [5.41, 5.74) is 2.98. The van der Waals surface area contributed by atoms with Gasteiger partial charge in [0.15, 0.2) is 0 Å². The molecule has 0 amide bonds. The van der Waals surface area contributed by atoms with E-state index in [-0.39, 0.29) is 0 Å². The first-order valence-electron chi connectivity index (χ1n) is 6.70. The van der Waals surface area contributed by atoms with E-state index >= 15 is 0 Å². The van der Waals surface area contributed by atoms with Crippen LogP contribution in [0.15, 0.2) is 47.4 Å². The van der Waals surface area contributed by atoms with Gasteiger partial charge in [0, 0.05) is 17.2 Å². The van der Waals surface area contributed by atoms with Gasteiger partial charge in [-0.25, -0.2) is 0 Å². The zero-order chi connectivity index (χ0) is 15.1. The molecule has 2 aromatic carbocycles. The fourth-order valence-corrected chi connectivity index (χ4v) is 2.85. The highest BCUT2D eigenvalue weighted by Crippen LogP contribution is 2.26. The van der Waals surface area contributed by atoms with Crippen LogP contribution < -0.4 is 10.1 Å². The molecule has 0 bridgehead atoms. The third kappa shape index (κ3) is 4.25. The molecule has 0 aliphatic carbocycles. The third-order valence-electron chi connectivity index (χ3n) is 3.09. The molecule has 0 unspecified atom stereocenters. The number of nitrogens with one attached hydrogen (secondary N) is 1. The average molecular weight is 298 g/mol. The summed E-state index contributed by atoms with van der Waals surface area (Å²) < 4.78 is 5.15. The van der Waals surface area contributed by atoms with Gasteiger partial charge in [-0.15, -0.1) is 11.8 Å². The Hall–Kier alpha value is -1.96. The summed E-state index contributed by atoms with van der Waals surface area (Å²) >= 11 is 1.76. The highest BCUT2D eigenvalue weighted by molar-refractivity contribution is 7.98. The second-order valence-corrected chi connectivity index (χ2v) is 5.66. The Kier molecular flexibility index (Phi) is 5.68. The van der Waals surface area contributed by atoms with Crippen molar-refractivity contribution in [3.05, 3.63) is 59.2 Å². The number of nitriles is 1. The van der Waals surface area contributed by atoms with Gasteiger partial charge in [-0.1, -0.05) is 18.2 Å². The molecular weight excluding hydrogens is 280 g/mol. The van der Waals surface area contributed by atoms with E-state index in [1.165, 1.54) is 10.5 Å². The lowest BCUT2D eigenvalue weighted by Gasteiger charge is -2.07. The van der Waals surface area contributed by atoms with Crippen molar-refractivity contribution < 1.29 is 4.74 Å². The van der Waals surface area contributed by atoms with Crippen LogP contribution in [0.4, 0.5) is 0 Å². The van der Waals surface area contributed by atoms with Gasteiger partial charge >= 0.3 is 0 Å². The fourth-order valence-electron chi connectivity index (χ4n) is 2.01. The number of ether oxygens (including phenoxy) is 1. The van der Waals surface area contributed by atoms with Crippen molar-refractivity contribution in [1.82, 2.24) is 5.32 Å². The molecule has 1 N–H and O–H groups in total. The summed E-state index contributed by atoms with van der Waals surface area (Å²) in [5, 5.41) is 12.2. The lowest BCUT2D eigenvalue weighted by Crippen LogP contribution is -2.04. The van der Waals surface area contributed by atoms with Gasteiger partial charge in [-0.2, -0.15) is 5.26 Å². The van der Waals surface area contributed by atoms with E-state index in [0.29, 0.717) is 11.3 Å². The molecule has 0 radical (unpaired) electrons. The normalized spacial score (nSPS) is 10.1. The number of nitrogens with zero attached hydrogens (tertiary/aromatic N) is 1. The fraction of sp³-hybridized carbons (Fsp3) is 0.235. The molecule has 2 aromatic rings. The Labute approximate surface area is 129 Å². The van der Waals surface area contributed by atoms with Gasteiger partial charge in [-0.3, -0.25) is 0 Å². The van der Waals surface area contributed by atoms with Crippen LogP contribution in [-0.4, -0.2) is 14.2 Å². The third-order valence-corrected chi connectivity index (χ3v) is 4.18. The minimum absolute atomic E-state index is 0.583. The average Bonchev–Trinajstić information content (AvgIpc) is 2.54. The van der Waals surface area contributed by atoms with Crippen LogP contribution in [0.3, 0.4) is 0 Å². The van der Waals surface area contributed by atoms with Gasteiger partial charge in [-0.05, 0) is 42.4 Å². The quantitative estimate of drug-likeness (QED) is 0.828. The zero-order valence-electron chi connectivity index (χ0n) is 12.2. The molecule has 0 aromatic heterocycles. The first-order chi connectivity index (χ1) is 10.3. The van der Waals surface area contributed by atoms with Gasteiger partial charge in [0.05, 0.1) is 12.7 Å². The van der Waals surface area contributed by atoms with Gasteiger partial charge < -0.3 is 10.1 Å². The van der Waals surface area contributed by atoms with E-state index in [1.807, 2.05) is 25.2 Å². The molecule has 0 aliphatic heterocycles. The topological polar surface area (TPSA) is 45.0 Å². The molecule has 0 atom stereocenters. The molecule has 0 fully saturated rings. The van der Waals surface area contributed by atoms with Crippen LogP contribution in [0.5, 0.6) is 5.75 Å². The predicted octanol–water partition coefficient (Wildman–Crippen LogP) is 3.58. The molecule has 3 nitrogen and oxygen atoms in total. The van der Waals surface area contributed by atoms with E-state index in [1.54, 1.807) is 18.9 Å². The Balaban J connectivity index is 2.01. The maximum Gasteiger partial charge on any atom is 0.136 e. The summed E-state index contributed by atoms with van der Waals surface area (Å²) in [5.74, 6) is 1.46. The number of hydrogen-bond donors (Lipinski definition) is 1. The first kappa shape index (κ1) is 15.4. The Morgan fingerprint density at radius 1 is 1.14 bits per heavy atom. The van der Waals surface area contributed by atoms with Gasteiger partial charge in [0.1, 0.15) is 11.8 Å². The number of rotatable bonds is 6. The minimum atomic E-state index is 0.583. The van der Waals surface area contributed by atoms with Crippen molar-refractivity contribution in [3.8, 4) is 11.8 Å². The molecule has 4 heteroatoms. The SMILES string of the molecule is CNCc1ccc(SCc2ccc(OC)c(C#N)c2)cc1. The second kappa shape index (κ2) is 7.72. The van der Waals surface area contributed by atoms with Gasteiger partial charge in [0.25, 0.3) is 0 Å². The maximum atomic E-state index is 9.10. The van der Waals surface area contributed by atoms with Crippen molar-refractivity contribution in [3.63, 3.8) is 0 Å². The van der Waals surface area contributed by atoms with Crippen LogP contribution in [0.2, 0.25) is 0 Å². The molecule has 0 saturated carbocycles. The van der Waals surface area contributed by atoms with Crippen molar-refractivity contribution >= 4 is 11.8 Å². The number of benzene rings is 2. The van der Waals surface area contributed by atoms with Crippen LogP contribution in [0.1, 0.15) is 16.7 Å². The smallest absolute Gasteiger partial charge is 0.136 e.